The maximum atomic E-state index is 13.1. The summed E-state index contributed by atoms with van der Waals surface area (Å²) in [6.07, 6.45) is -43.2. The molecule has 5 saturated heterocycles. The number of nitrogens with two attached hydrogens (primary N) is 1. The Kier molecular flexibility index (Phi) is 23.4. The average molecular weight is 1080 g/mol. The third-order valence-electron chi connectivity index (χ3n) is 13.7. The number of nitrogens with one attached hydrogen (secondary N) is 1. The number of aliphatic hydroxyl groups excluding tert-OH is 14. The van der Waals surface area contributed by atoms with Crippen molar-refractivity contribution >= 4 is 17.9 Å². The Balaban J connectivity index is 1.55. The number of carbonyl (C=O) groups is 3. The lowest BCUT2D eigenvalue weighted by atomic mass is 9.88. The standard InChI is InChI=1S/C43H74N2O29/c1-15-23(52)26(55)30(59)40(67-15)71-32-19(14-48)69-39(66-10-8-6-4-3-5-7-9-20(51)65-2)22(45-37-29(58)27(56)28(57)36(70-37)38(61)62)34(32)72-41-31(60)35(25(54)18(13-47)68-41)74-43(42(63)64)11-16(49)21(44)33(73-43)24(53)17(50)12-46/h15-19,21-37,39-41,45-50,52-60H,3-14,44H2,1-2H3,(H,61,62)(H,63,64)/t15-,16-,17+,18+,19+,21+,22+,23+,24+,25-,26+,27-,28+,29+,30-,31+,32+,33+,34+,35-,36-,37+,39+,40-,41-,43-/m0/s1. The molecule has 31 heteroatoms. The molecular formula is C43H74N2O29. The monoisotopic (exact) mass is 1080 g/mol. The van der Waals surface area contributed by atoms with Crippen molar-refractivity contribution in [1.29, 1.82) is 0 Å². The molecule has 5 fully saturated rings. The number of ether oxygens (including phenoxy) is 10. The van der Waals surface area contributed by atoms with E-state index in [2.05, 4.69) is 10.1 Å². The van der Waals surface area contributed by atoms with Crippen molar-refractivity contribution in [2.75, 3.05) is 33.5 Å². The zero-order valence-electron chi connectivity index (χ0n) is 40.5. The van der Waals surface area contributed by atoms with Crippen LogP contribution in [0.4, 0.5) is 0 Å². The molecule has 5 aliphatic heterocycles. The van der Waals surface area contributed by atoms with Crippen molar-refractivity contribution in [2.45, 2.75) is 217 Å². The lowest BCUT2D eigenvalue weighted by molar-refractivity contribution is -0.391. The fourth-order valence-electron chi connectivity index (χ4n) is 9.31. The average Bonchev–Trinajstić information content (AvgIpc) is 3.37. The van der Waals surface area contributed by atoms with E-state index in [0.29, 0.717) is 32.1 Å². The molecule has 5 aliphatic rings. The van der Waals surface area contributed by atoms with Gasteiger partial charge in [-0.15, -0.1) is 0 Å². The molecule has 31 nitrogen and oxygen atoms in total. The fourth-order valence-corrected chi connectivity index (χ4v) is 9.31. The van der Waals surface area contributed by atoms with Crippen LogP contribution in [0, 0.1) is 0 Å². The minimum atomic E-state index is -3.15. The molecule has 0 bridgehead atoms. The van der Waals surface area contributed by atoms with Crippen LogP contribution >= 0.6 is 0 Å². The number of aliphatic carboxylic acids is 2. The number of carboxylic acid groups (broad SMARTS) is 2. The topological polar surface area (TPSA) is 505 Å². The molecule has 0 aromatic rings. The van der Waals surface area contributed by atoms with Crippen molar-refractivity contribution < 1.29 is 143 Å². The number of carbonyl (C=O) groups excluding carboxylic acids is 1. The van der Waals surface area contributed by atoms with Crippen molar-refractivity contribution in [2.24, 2.45) is 5.73 Å². The summed E-state index contributed by atoms with van der Waals surface area (Å²) in [5.41, 5.74) is 6.00. The maximum absolute atomic E-state index is 13.1. The highest BCUT2D eigenvalue weighted by atomic mass is 16.8. The Morgan fingerprint density at radius 3 is 1.89 bits per heavy atom. The van der Waals surface area contributed by atoms with Crippen LogP contribution in [-0.2, 0) is 61.8 Å². The first-order valence-corrected chi connectivity index (χ1v) is 24.2. The lowest BCUT2D eigenvalue weighted by Gasteiger charge is -2.52. The molecule has 5 rings (SSSR count). The van der Waals surface area contributed by atoms with E-state index in [1.54, 1.807) is 0 Å². The van der Waals surface area contributed by atoms with Gasteiger partial charge in [-0.05, 0) is 19.8 Å². The van der Waals surface area contributed by atoms with E-state index in [4.69, 9.17) is 48.4 Å². The third kappa shape index (κ3) is 14.4. The first-order valence-electron chi connectivity index (χ1n) is 24.2. The second kappa shape index (κ2) is 27.8. The molecular weight excluding hydrogens is 1010 g/mol. The Morgan fingerprint density at radius 1 is 0.689 bits per heavy atom. The predicted molar refractivity (Wildman–Crippen MR) is 235 cm³/mol. The van der Waals surface area contributed by atoms with Gasteiger partial charge in [0.1, 0.15) is 104 Å². The minimum absolute atomic E-state index is 0.143. The van der Waals surface area contributed by atoms with Gasteiger partial charge < -0.3 is 135 Å². The molecule has 430 valence electrons. The molecule has 5 heterocycles. The van der Waals surface area contributed by atoms with E-state index in [1.165, 1.54) is 14.0 Å². The number of carboxylic acids is 2. The zero-order chi connectivity index (χ0) is 54.9. The van der Waals surface area contributed by atoms with Gasteiger partial charge in [0.05, 0.1) is 51.2 Å². The van der Waals surface area contributed by atoms with Crippen LogP contribution in [0.2, 0.25) is 0 Å². The largest absolute Gasteiger partial charge is 0.479 e. The van der Waals surface area contributed by atoms with Crippen molar-refractivity contribution in [3.8, 4) is 0 Å². The Labute approximate surface area is 422 Å². The van der Waals surface area contributed by atoms with E-state index in [1.807, 2.05) is 0 Å². The number of esters is 1. The number of unbranched alkanes of at least 4 members (excludes halogenated alkanes) is 5. The van der Waals surface area contributed by atoms with Crippen molar-refractivity contribution in [1.82, 2.24) is 5.32 Å². The molecule has 74 heavy (non-hydrogen) atoms. The summed E-state index contributed by atoms with van der Waals surface area (Å²) >= 11 is 0. The number of hydrogen-bond donors (Lipinski definition) is 18. The highest BCUT2D eigenvalue weighted by Gasteiger charge is 2.61. The summed E-state index contributed by atoms with van der Waals surface area (Å²) in [5, 5.41) is 174. The van der Waals surface area contributed by atoms with Gasteiger partial charge in [0.2, 0.25) is 0 Å². The second-order valence-electron chi connectivity index (χ2n) is 18.9. The van der Waals surface area contributed by atoms with Crippen molar-refractivity contribution in [3.05, 3.63) is 0 Å². The fraction of sp³-hybridized carbons (Fsp3) is 0.930. The van der Waals surface area contributed by atoms with Crippen molar-refractivity contribution in [3.63, 3.8) is 0 Å². The predicted octanol–water partition coefficient (Wildman–Crippen LogP) is -9.13. The normalized spacial score (nSPS) is 43.8. The summed E-state index contributed by atoms with van der Waals surface area (Å²) in [6, 6.07) is -3.41. The van der Waals surface area contributed by atoms with Gasteiger partial charge in [0.25, 0.3) is 5.79 Å². The number of hydrogen-bond acceptors (Lipinski definition) is 29. The Hall–Kier alpha value is -2.59. The highest BCUT2D eigenvalue weighted by Crippen LogP contribution is 2.39. The van der Waals surface area contributed by atoms with E-state index in [9.17, 15) is 96.1 Å². The van der Waals surface area contributed by atoms with E-state index >= 15 is 0 Å². The van der Waals surface area contributed by atoms with E-state index < -0.39 is 197 Å². The molecule has 0 radical (unpaired) electrons. The minimum Gasteiger partial charge on any atom is -0.479 e. The molecule has 0 aliphatic carbocycles. The van der Waals surface area contributed by atoms with E-state index in [-0.39, 0.29) is 19.0 Å². The highest BCUT2D eigenvalue weighted by molar-refractivity contribution is 5.76. The second-order valence-corrected chi connectivity index (χ2v) is 18.9. The number of aliphatic hydroxyl groups is 14. The van der Waals surface area contributed by atoms with Crippen LogP contribution in [0.1, 0.15) is 58.3 Å². The van der Waals surface area contributed by atoms with Crippen LogP contribution in [0.5, 0.6) is 0 Å². The summed E-state index contributed by atoms with van der Waals surface area (Å²) in [6.45, 7) is -2.05. The summed E-state index contributed by atoms with van der Waals surface area (Å²) in [7, 11) is 1.28. The number of rotatable bonds is 25. The van der Waals surface area contributed by atoms with Gasteiger partial charge in [-0.25, -0.2) is 9.59 Å². The molecule has 0 amide bonds. The van der Waals surface area contributed by atoms with Gasteiger partial charge in [0.15, 0.2) is 25.0 Å². The number of methoxy groups -OCH3 is 1. The molecule has 0 aromatic heterocycles. The van der Waals surface area contributed by atoms with Crippen LogP contribution in [0.3, 0.4) is 0 Å². The Bertz CT molecular complexity index is 1760. The molecule has 0 unspecified atom stereocenters. The van der Waals surface area contributed by atoms with Gasteiger partial charge in [-0.3, -0.25) is 10.1 Å². The molecule has 0 saturated carbocycles. The smallest absolute Gasteiger partial charge is 0.364 e. The first kappa shape index (κ1) is 62.3. The van der Waals surface area contributed by atoms with Gasteiger partial charge in [-0.1, -0.05) is 25.7 Å². The Morgan fingerprint density at radius 2 is 1.28 bits per heavy atom. The quantitative estimate of drug-likeness (QED) is 0.0298. The van der Waals surface area contributed by atoms with Crippen LogP contribution < -0.4 is 11.1 Å². The van der Waals surface area contributed by atoms with Gasteiger partial charge in [0, 0.05) is 19.4 Å². The third-order valence-corrected chi connectivity index (χ3v) is 13.7. The van der Waals surface area contributed by atoms with Crippen LogP contribution in [-0.4, -0.2) is 292 Å². The van der Waals surface area contributed by atoms with Gasteiger partial charge in [-0.2, -0.15) is 0 Å². The summed E-state index contributed by atoms with van der Waals surface area (Å²) in [4.78, 5) is 36.8. The van der Waals surface area contributed by atoms with Crippen LogP contribution in [0.25, 0.3) is 0 Å². The van der Waals surface area contributed by atoms with E-state index in [0.717, 1.165) is 6.42 Å². The molecule has 0 aromatic carbocycles. The zero-order valence-corrected chi connectivity index (χ0v) is 40.5. The molecule has 0 spiro atoms. The van der Waals surface area contributed by atoms with Crippen LogP contribution in [0.15, 0.2) is 0 Å². The lowest BCUT2D eigenvalue weighted by Crippen LogP contribution is -2.73. The molecule has 26 atom stereocenters. The first-order chi connectivity index (χ1) is 35.0. The SMILES string of the molecule is COC(=O)CCCCCCCCO[C@@H]1O[C@H](CO)[C@@H](O[C@@H]2O[C@@H](C)[C@@H](O)[C@@H](O)[C@@H]2O)[C@H](O[C@@H]2O[C@H](CO)[C@H](O)[C@H](O[C@]3(C(=O)O)C[C@H](O)[C@@H](N)[C@H]([C@H](O)[C@H](O)CO)O3)[C@H]2O)[C@H]1N[C@@H]1O[C@H](C(=O)O)[C@H](O)[C@H](O)[C@H]1O. The summed E-state index contributed by atoms with van der Waals surface area (Å²) < 4.78 is 57.9. The van der Waals surface area contributed by atoms with Gasteiger partial charge >= 0.3 is 17.9 Å². The molecule has 19 N–H and O–H groups in total. The maximum Gasteiger partial charge on any atom is 0.364 e. The summed E-state index contributed by atoms with van der Waals surface area (Å²) in [5.74, 6) is -7.34.